The summed E-state index contributed by atoms with van der Waals surface area (Å²) in [4.78, 5) is 16.3. The third kappa shape index (κ3) is 3.80. The summed E-state index contributed by atoms with van der Waals surface area (Å²) in [7, 11) is 0. The lowest BCUT2D eigenvalue weighted by Gasteiger charge is -2.19. The number of hydrogen-bond acceptors (Lipinski definition) is 4. The molecule has 6 nitrogen and oxygen atoms in total. The number of aromatic nitrogens is 3. The third-order valence-corrected chi connectivity index (χ3v) is 5.60. The molecular formula is C24H22FN5O. The van der Waals surface area contributed by atoms with Gasteiger partial charge < -0.3 is 11.1 Å². The molecule has 0 aliphatic heterocycles. The third-order valence-electron chi connectivity index (χ3n) is 5.60. The van der Waals surface area contributed by atoms with E-state index in [4.69, 9.17) is 5.73 Å². The highest BCUT2D eigenvalue weighted by molar-refractivity contribution is 6.02. The lowest BCUT2D eigenvalue weighted by atomic mass is 10.1. The first-order valence-electron chi connectivity index (χ1n) is 10.0. The zero-order valence-corrected chi connectivity index (χ0v) is 16.8. The number of benzene rings is 1. The van der Waals surface area contributed by atoms with Crippen molar-refractivity contribution in [3.8, 4) is 24.0 Å². The molecule has 0 spiro atoms. The summed E-state index contributed by atoms with van der Waals surface area (Å²) in [5, 5.41) is 8.60. The molecule has 1 aliphatic carbocycles. The fourth-order valence-corrected chi connectivity index (χ4v) is 4.07. The molecule has 31 heavy (non-hydrogen) atoms. The normalized spacial score (nSPS) is 17.9. The molecule has 2 atom stereocenters. The maximum atomic E-state index is 14.2. The van der Waals surface area contributed by atoms with Gasteiger partial charge in [0, 0.05) is 23.3 Å². The van der Waals surface area contributed by atoms with Crippen molar-refractivity contribution in [1.29, 1.82) is 0 Å². The highest BCUT2D eigenvalue weighted by atomic mass is 19.1. The average molecular weight is 415 g/mol. The number of anilines is 1. The highest BCUT2D eigenvalue weighted by Gasteiger charge is 2.29. The largest absolute Gasteiger partial charge is 0.377 e. The van der Waals surface area contributed by atoms with Crippen LogP contribution in [0.5, 0.6) is 0 Å². The van der Waals surface area contributed by atoms with Gasteiger partial charge in [-0.3, -0.25) is 9.78 Å². The number of nitrogens with two attached hydrogens (primary N) is 1. The van der Waals surface area contributed by atoms with Gasteiger partial charge in [0.05, 0.1) is 34.5 Å². The molecule has 1 aliphatic rings. The smallest absolute Gasteiger partial charge is 0.252 e. The van der Waals surface area contributed by atoms with Gasteiger partial charge in [-0.15, -0.1) is 12.8 Å². The predicted octanol–water partition coefficient (Wildman–Crippen LogP) is 4.20. The molecule has 5 rings (SSSR count). The van der Waals surface area contributed by atoms with E-state index < -0.39 is 12.1 Å². The average Bonchev–Trinajstić information content (AvgIpc) is 3.41. The zero-order valence-electron chi connectivity index (χ0n) is 16.8. The molecular weight excluding hydrogens is 393 g/mol. The van der Waals surface area contributed by atoms with Crippen LogP contribution in [0.3, 0.4) is 0 Å². The first-order valence-corrected chi connectivity index (χ1v) is 10.0. The number of pyridine rings is 1. The second-order valence-corrected chi connectivity index (χ2v) is 7.46. The van der Waals surface area contributed by atoms with E-state index in [1.807, 2.05) is 36.5 Å². The number of rotatable bonds is 4. The van der Waals surface area contributed by atoms with Gasteiger partial charge in [0.15, 0.2) is 0 Å². The van der Waals surface area contributed by atoms with E-state index in [0.717, 1.165) is 34.9 Å². The van der Waals surface area contributed by atoms with E-state index >= 15 is 0 Å². The van der Waals surface area contributed by atoms with E-state index in [-0.39, 0.29) is 11.6 Å². The number of hydrogen-bond donors (Lipinski definition) is 2. The number of nitrogens with one attached hydrogen (secondary N) is 1. The van der Waals surface area contributed by atoms with E-state index in [9.17, 15) is 9.18 Å². The minimum atomic E-state index is -0.939. The summed E-state index contributed by atoms with van der Waals surface area (Å²) in [5.41, 5.74) is 9.94. The molecule has 1 fully saturated rings. The second-order valence-electron chi connectivity index (χ2n) is 7.46. The van der Waals surface area contributed by atoms with Crippen LogP contribution in [-0.4, -0.2) is 32.7 Å². The quantitative estimate of drug-likeness (QED) is 0.489. The Labute approximate surface area is 179 Å². The van der Waals surface area contributed by atoms with Gasteiger partial charge in [-0.2, -0.15) is 5.10 Å². The number of alkyl halides is 1. The van der Waals surface area contributed by atoms with Crippen molar-refractivity contribution < 1.29 is 9.18 Å². The molecule has 4 aromatic rings. The van der Waals surface area contributed by atoms with Crippen LogP contribution in [-0.2, 0) is 0 Å². The van der Waals surface area contributed by atoms with Crippen LogP contribution in [0, 0.1) is 12.8 Å². The number of carbonyl (C=O) groups excluding carboxylic acids is 1. The Bertz CT molecular complexity index is 1280. The molecule has 0 bridgehead atoms. The van der Waals surface area contributed by atoms with Crippen molar-refractivity contribution in [3.05, 3.63) is 60.6 Å². The molecule has 0 saturated heterocycles. The Kier molecular flexibility index (Phi) is 5.54. The number of terminal acetylenes is 1. The molecule has 1 aromatic carbocycles. The van der Waals surface area contributed by atoms with Crippen molar-refractivity contribution in [1.82, 2.24) is 14.6 Å². The fraction of sp³-hybridized carbons (Fsp3) is 0.208. The minimum Gasteiger partial charge on any atom is -0.377 e. The maximum absolute atomic E-state index is 14.2. The predicted molar refractivity (Wildman–Crippen MR) is 120 cm³/mol. The van der Waals surface area contributed by atoms with Crippen LogP contribution in [0.4, 0.5) is 10.1 Å². The van der Waals surface area contributed by atoms with E-state index in [0.29, 0.717) is 17.6 Å². The lowest BCUT2D eigenvalue weighted by molar-refractivity contribution is 0.100. The zero-order chi connectivity index (χ0) is 22.0. The van der Waals surface area contributed by atoms with Crippen molar-refractivity contribution in [2.45, 2.75) is 31.5 Å². The van der Waals surface area contributed by atoms with Gasteiger partial charge in [-0.25, -0.2) is 8.91 Å². The van der Waals surface area contributed by atoms with E-state index in [1.54, 1.807) is 10.7 Å². The Hall–Kier alpha value is -3.92. The van der Waals surface area contributed by atoms with Crippen molar-refractivity contribution >= 4 is 28.0 Å². The first kappa shape index (κ1) is 20.4. The summed E-state index contributed by atoms with van der Waals surface area (Å²) < 4.78 is 15.9. The molecule has 3 aromatic heterocycles. The maximum Gasteiger partial charge on any atom is 0.252 e. The summed E-state index contributed by atoms with van der Waals surface area (Å²) in [6.07, 6.45) is 14.2. The number of carbonyl (C=O) groups is 1. The number of nitrogens with zero attached hydrogens (tertiary/aromatic N) is 3. The molecule has 3 heterocycles. The number of fused-ring (bicyclic) bond motifs is 2. The van der Waals surface area contributed by atoms with Crippen LogP contribution < -0.4 is 11.1 Å². The van der Waals surface area contributed by atoms with Crippen LogP contribution in [0.25, 0.3) is 27.5 Å². The Morgan fingerprint density at radius 1 is 1.19 bits per heavy atom. The monoisotopic (exact) mass is 415 g/mol. The fourth-order valence-electron chi connectivity index (χ4n) is 4.07. The summed E-state index contributed by atoms with van der Waals surface area (Å²) in [5.74, 6) is -0.588. The lowest BCUT2D eigenvalue weighted by Crippen LogP contribution is -2.27. The van der Waals surface area contributed by atoms with Gasteiger partial charge in [0.2, 0.25) is 0 Å². The minimum absolute atomic E-state index is 0.268. The van der Waals surface area contributed by atoms with Crippen molar-refractivity contribution in [2.75, 3.05) is 5.32 Å². The number of primary amides is 1. The Balaban J connectivity index is 0.00000112. The molecule has 1 saturated carbocycles. The van der Waals surface area contributed by atoms with Crippen LogP contribution in [0.1, 0.15) is 29.6 Å². The summed E-state index contributed by atoms with van der Waals surface area (Å²) in [6, 6.07) is 11.6. The van der Waals surface area contributed by atoms with Gasteiger partial charge in [-0.05, 0) is 49.1 Å². The molecule has 0 unspecified atom stereocenters. The molecule has 3 N–H and O–H groups in total. The second kappa shape index (κ2) is 8.44. The summed E-state index contributed by atoms with van der Waals surface area (Å²) in [6.45, 7) is 0. The van der Waals surface area contributed by atoms with E-state index in [2.05, 4.69) is 34.3 Å². The van der Waals surface area contributed by atoms with Gasteiger partial charge >= 0.3 is 0 Å². The number of amides is 1. The molecule has 7 heteroatoms. The van der Waals surface area contributed by atoms with Crippen LogP contribution in [0.2, 0.25) is 0 Å². The topological polar surface area (TPSA) is 85.3 Å². The molecule has 0 radical (unpaired) electrons. The van der Waals surface area contributed by atoms with Crippen molar-refractivity contribution in [2.24, 2.45) is 5.73 Å². The Morgan fingerprint density at radius 3 is 2.77 bits per heavy atom. The molecule has 156 valence electrons. The van der Waals surface area contributed by atoms with Crippen LogP contribution >= 0.6 is 0 Å². The van der Waals surface area contributed by atoms with Gasteiger partial charge in [0.25, 0.3) is 5.91 Å². The summed E-state index contributed by atoms with van der Waals surface area (Å²) >= 11 is 0. The molecule has 1 amide bonds. The highest BCUT2D eigenvalue weighted by Crippen LogP contribution is 2.32. The number of halogens is 1. The van der Waals surface area contributed by atoms with Gasteiger partial charge in [0.1, 0.15) is 6.17 Å². The van der Waals surface area contributed by atoms with Crippen LogP contribution in [0.15, 0.2) is 55.0 Å². The van der Waals surface area contributed by atoms with Crippen molar-refractivity contribution in [3.63, 3.8) is 0 Å². The van der Waals surface area contributed by atoms with Gasteiger partial charge in [-0.1, -0.05) is 12.1 Å². The Morgan fingerprint density at radius 2 is 2.03 bits per heavy atom. The standard InChI is InChI=1S/C22H20FN5O.C2H2/c23-17-4-1-5-19(17)27-21-16(22(24)29)11-26-28-12-15(10-20(21)28)13-6-7-18-14(9-13)3-2-8-25-18;1-2/h2-3,6-12,17,19,27H,1,4-5H2,(H2,24,29);1-2H/t17-,19+;/m0./s1. The SMILES string of the molecule is C#C.NC(=O)c1cnn2cc(-c3ccc4ncccc4c3)cc2c1N[C@@H]1CCC[C@@H]1F. The van der Waals surface area contributed by atoms with E-state index in [1.165, 1.54) is 6.20 Å². The first-order chi connectivity index (χ1) is 15.1.